The lowest BCUT2D eigenvalue weighted by molar-refractivity contribution is -0.122. The molecule has 0 spiro atoms. The number of carbonyl (C=O) groups excluding carboxylic acids is 2. The number of ether oxygens (including phenoxy) is 2. The maximum atomic E-state index is 13.2. The minimum Gasteiger partial charge on any atom is -0.493 e. The lowest BCUT2D eigenvalue weighted by Crippen LogP contribution is -2.54. The molecule has 3 rings (SSSR count). The van der Waals surface area contributed by atoms with Gasteiger partial charge in [-0.1, -0.05) is 30.7 Å². The number of amides is 2. The first kappa shape index (κ1) is 22.8. The van der Waals surface area contributed by atoms with Crippen LogP contribution in [0, 0.1) is 0 Å². The Morgan fingerprint density at radius 1 is 1.19 bits per heavy atom. The Labute approximate surface area is 191 Å². The van der Waals surface area contributed by atoms with Crippen molar-refractivity contribution in [2.45, 2.75) is 33.3 Å². The summed E-state index contributed by atoms with van der Waals surface area (Å²) in [6, 6.07) is 10.7. The zero-order chi connectivity index (χ0) is 22.7. The van der Waals surface area contributed by atoms with Crippen LogP contribution in [0.25, 0.3) is 6.08 Å². The van der Waals surface area contributed by atoms with E-state index in [1.54, 1.807) is 24.3 Å². The van der Waals surface area contributed by atoms with Crippen LogP contribution < -0.4 is 19.7 Å². The molecule has 1 heterocycles. The van der Waals surface area contributed by atoms with Crippen LogP contribution in [0.1, 0.15) is 31.9 Å². The summed E-state index contributed by atoms with van der Waals surface area (Å²) in [5.41, 5.74) is 2.16. The van der Waals surface area contributed by atoms with Crippen molar-refractivity contribution in [3.8, 4) is 11.5 Å². The average molecular weight is 459 g/mol. The van der Waals surface area contributed by atoms with Crippen LogP contribution in [0.3, 0.4) is 0 Å². The summed E-state index contributed by atoms with van der Waals surface area (Å²) in [7, 11) is 1.49. The van der Waals surface area contributed by atoms with Crippen molar-refractivity contribution in [3.05, 3.63) is 58.1 Å². The molecule has 1 fully saturated rings. The second-order valence-corrected chi connectivity index (χ2v) is 7.97. The molecule has 0 aliphatic carbocycles. The zero-order valence-electron chi connectivity index (χ0n) is 17.7. The fraction of sp³-hybridized carbons (Fsp3) is 0.261. The van der Waals surface area contributed by atoms with Gasteiger partial charge < -0.3 is 9.47 Å². The number of hydrogen-bond acceptors (Lipinski definition) is 5. The topological polar surface area (TPSA) is 67.9 Å². The molecule has 0 bridgehead atoms. The summed E-state index contributed by atoms with van der Waals surface area (Å²) >= 11 is 11.6. The molecule has 0 radical (unpaired) electrons. The van der Waals surface area contributed by atoms with Gasteiger partial charge in [-0.2, -0.15) is 0 Å². The molecule has 0 saturated carbocycles. The van der Waals surface area contributed by atoms with E-state index in [0.717, 1.165) is 12.0 Å². The lowest BCUT2D eigenvalue weighted by atomic mass is 10.1. The number of thiocarbonyl (C=S) groups is 1. The summed E-state index contributed by atoms with van der Waals surface area (Å²) in [6.45, 7) is 5.80. The van der Waals surface area contributed by atoms with Crippen LogP contribution in [0.5, 0.6) is 11.5 Å². The summed E-state index contributed by atoms with van der Waals surface area (Å²) in [5.74, 6) is -0.288. The molecule has 6 nitrogen and oxygen atoms in total. The summed E-state index contributed by atoms with van der Waals surface area (Å²) in [6.07, 6.45) is 2.23. The Morgan fingerprint density at radius 2 is 1.87 bits per heavy atom. The van der Waals surface area contributed by atoms with E-state index in [9.17, 15) is 9.59 Å². The van der Waals surface area contributed by atoms with E-state index >= 15 is 0 Å². The molecule has 8 heteroatoms. The Balaban J connectivity index is 2.00. The summed E-state index contributed by atoms with van der Waals surface area (Å²) in [4.78, 5) is 27.0. The van der Waals surface area contributed by atoms with Crippen LogP contribution in [0.2, 0.25) is 5.02 Å². The molecular weight excluding hydrogens is 436 g/mol. The quantitative estimate of drug-likeness (QED) is 0.391. The Morgan fingerprint density at radius 3 is 2.45 bits per heavy atom. The number of carbonyl (C=O) groups is 2. The van der Waals surface area contributed by atoms with Gasteiger partial charge in [-0.25, -0.2) is 0 Å². The number of anilines is 1. The first-order chi connectivity index (χ1) is 14.7. The number of methoxy groups -OCH3 is 1. The fourth-order valence-electron chi connectivity index (χ4n) is 3.11. The van der Waals surface area contributed by atoms with Crippen molar-refractivity contribution >= 4 is 52.5 Å². The number of hydrogen-bond donors (Lipinski definition) is 1. The molecule has 162 valence electrons. The van der Waals surface area contributed by atoms with E-state index in [0.29, 0.717) is 27.8 Å². The highest BCUT2D eigenvalue weighted by atomic mass is 35.5. The monoisotopic (exact) mass is 458 g/mol. The van der Waals surface area contributed by atoms with Gasteiger partial charge in [0.15, 0.2) is 16.6 Å². The van der Waals surface area contributed by atoms with Gasteiger partial charge in [0.2, 0.25) is 0 Å². The van der Waals surface area contributed by atoms with Gasteiger partial charge in [0, 0.05) is 0 Å². The van der Waals surface area contributed by atoms with Crippen molar-refractivity contribution in [1.29, 1.82) is 0 Å². The van der Waals surface area contributed by atoms with Crippen molar-refractivity contribution in [3.63, 3.8) is 0 Å². The average Bonchev–Trinajstić information content (AvgIpc) is 2.72. The molecule has 1 aliphatic heterocycles. The van der Waals surface area contributed by atoms with Crippen molar-refractivity contribution in [1.82, 2.24) is 5.32 Å². The van der Waals surface area contributed by atoms with E-state index in [2.05, 4.69) is 5.32 Å². The third kappa shape index (κ3) is 4.89. The van der Waals surface area contributed by atoms with Gasteiger partial charge in [0.05, 0.1) is 23.9 Å². The molecule has 0 aromatic heterocycles. The van der Waals surface area contributed by atoms with Crippen LogP contribution in [0.15, 0.2) is 42.0 Å². The maximum Gasteiger partial charge on any atom is 0.270 e. The summed E-state index contributed by atoms with van der Waals surface area (Å²) < 4.78 is 11.1. The van der Waals surface area contributed by atoms with E-state index in [1.165, 1.54) is 18.1 Å². The van der Waals surface area contributed by atoms with Gasteiger partial charge in [-0.05, 0) is 74.0 Å². The molecule has 1 aliphatic rings. The normalized spacial score (nSPS) is 15.5. The predicted octanol–water partition coefficient (Wildman–Crippen LogP) is 4.53. The number of halogens is 1. The highest BCUT2D eigenvalue weighted by Crippen LogP contribution is 2.38. The number of nitrogens with zero attached hydrogens (tertiary/aromatic N) is 1. The Bertz CT molecular complexity index is 1060. The zero-order valence-corrected chi connectivity index (χ0v) is 19.3. The number of nitrogens with one attached hydrogen (secondary N) is 1. The van der Waals surface area contributed by atoms with Crippen molar-refractivity contribution in [2.75, 3.05) is 12.0 Å². The molecular formula is C23H23ClN2O4S. The molecule has 2 amide bonds. The number of aryl methyl sites for hydroxylation is 1. The van der Waals surface area contributed by atoms with Gasteiger partial charge in [0.25, 0.3) is 11.8 Å². The minimum absolute atomic E-state index is 0.0349. The smallest absolute Gasteiger partial charge is 0.270 e. The van der Waals surface area contributed by atoms with Gasteiger partial charge in [0.1, 0.15) is 5.57 Å². The van der Waals surface area contributed by atoms with E-state index in [1.807, 2.05) is 32.9 Å². The molecule has 0 atom stereocenters. The summed E-state index contributed by atoms with van der Waals surface area (Å²) in [5, 5.41) is 2.92. The third-order valence-electron chi connectivity index (χ3n) is 4.62. The first-order valence-electron chi connectivity index (χ1n) is 9.79. The minimum atomic E-state index is -0.575. The first-order valence-corrected chi connectivity index (χ1v) is 10.6. The number of rotatable bonds is 6. The van der Waals surface area contributed by atoms with E-state index in [-0.39, 0.29) is 16.8 Å². The van der Waals surface area contributed by atoms with Gasteiger partial charge >= 0.3 is 0 Å². The fourth-order valence-corrected chi connectivity index (χ4v) is 3.66. The van der Waals surface area contributed by atoms with Crippen LogP contribution in [0.4, 0.5) is 5.69 Å². The van der Waals surface area contributed by atoms with Crippen LogP contribution in [-0.2, 0) is 16.0 Å². The highest BCUT2D eigenvalue weighted by molar-refractivity contribution is 7.80. The molecule has 2 aromatic rings. The SMILES string of the molecule is CCc1ccc(N2C(=O)C(=Cc3cc(Cl)c(OC(C)C)c(OC)c3)C(=O)NC2=S)cc1. The maximum absolute atomic E-state index is 13.2. The molecule has 2 aromatic carbocycles. The van der Waals surface area contributed by atoms with Crippen LogP contribution >= 0.6 is 23.8 Å². The largest absolute Gasteiger partial charge is 0.493 e. The second-order valence-electron chi connectivity index (χ2n) is 7.18. The van der Waals surface area contributed by atoms with E-state index < -0.39 is 11.8 Å². The predicted molar refractivity (Wildman–Crippen MR) is 126 cm³/mol. The second kappa shape index (κ2) is 9.49. The Kier molecular flexibility index (Phi) is 6.97. The van der Waals surface area contributed by atoms with Crippen molar-refractivity contribution in [2.24, 2.45) is 0 Å². The molecule has 31 heavy (non-hydrogen) atoms. The van der Waals surface area contributed by atoms with Crippen LogP contribution in [-0.4, -0.2) is 30.1 Å². The highest BCUT2D eigenvalue weighted by Gasteiger charge is 2.34. The van der Waals surface area contributed by atoms with Crippen molar-refractivity contribution < 1.29 is 19.1 Å². The third-order valence-corrected chi connectivity index (χ3v) is 5.19. The lowest BCUT2D eigenvalue weighted by Gasteiger charge is -2.29. The van der Waals surface area contributed by atoms with E-state index in [4.69, 9.17) is 33.3 Å². The Hall–Kier alpha value is -2.90. The molecule has 1 N–H and O–H groups in total. The molecule has 1 saturated heterocycles. The molecule has 0 unspecified atom stereocenters. The van der Waals surface area contributed by atoms with Gasteiger partial charge in [-0.3, -0.25) is 19.8 Å². The number of benzene rings is 2. The van der Waals surface area contributed by atoms with Gasteiger partial charge in [-0.15, -0.1) is 0 Å². The standard InChI is InChI=1S/C23H23ClN2O4S/c1-5-14-6-8-16(9-7-14)26-22(28)17(21(27)25-23(26)31)10-15-11-18(24)20(30-13(2)3)19(12-15)29-4/h6-13H,5H2,1-4H3,(H,25,27,31).